The zero-order chi connectivity index (χ0) is 16.9. The molecule has 0 unspecified atom stereocenters. The van der Waals surface area contributed by atoms with E-state index in [0.717, 1.165) is 5.56 Å². The van der Waals surface area contributed by atoms with Crippen LogP contribution in [0, 0.1) is 0 Å². The minimum Gasteiger partial charge on any atom is -0.356 e. The van der Waals surface area contributed by atoms with Crippen molar-refractivity contribution in [2.45, 2.75) is 19.4 Å². The van der Waals surface area contributed by atoms with Gasteiger partial charge in [0.2, 0.25) is 5.91 Å². The van der Waals surface area contributed by atoms with Gasteiger partial charge in [-0.1, -0.05) is 28.9 Å². The van der Waals surface area contributed by atoms with Crippen molar-refractivity contribution in [2.24, 2.45) is 0 Å². The van der Waals surface area contributed by atoms with Gasteiger partial charge in [0.15, 0.2) is 5.76 Å². The summed E-state index contributed by atoms with van der Waals surface area (Å²) in [5, 5.41) is 13.2. The van der Waals surface area contributed by atoms with Crippen molar-refractivity contribution < 1.29 is 9.32 Å². The van der Waals surface area contributed by atoms with Crippen molar-refractivity contribution in [1.82, 2.24) is 25.7 Å². The van der Waals surface area contributed by atoms with E-state index in [4.69, 9.17) is 16.1 Å². The Hall–Kier alpha value is -2.87. The smallest absolute Gasteiger partial charge is 0.340 e. The Morgan fingerprint density at radius 3 is 2.92 bits per heavy atom. The molecule has 9 heteroatoms. The molecule has 0 aliphatic carbocycles. The molecule has 0 spiro atoms. The summed E-state index contributed by atoms with van der Waals surface area (Å²) in [7, 11) is 0. The lowest BCUT2D eigenvalue weighted by atomic mass is 10.1. The number of amides is 1. The lowest BCUT2D eigenvalue weighted by molar-refractivity contribution is -0.121. The Bertz CT molecular complexity index is 898. The van der Waals surface area contributed by atoms with Gasteiger partial charge in [-0.25, -0.2) is 9.89 Å². The molecule has 2 aromatic heterocycles. The van der Waals surface area contributed by atoms with E-state index >= 15 is 0 Å². The number of halogens is 1. The molecule has 0 aliphatic rings. The van der Waals surface area contributed by atoms with E-state index in [-0.39, 0.29) is 24.6 Å². The van der Waals surface area contributed by atoms with Gasteiger partial charge in [-0.15, -0.1) is 0 Å². The van der Waals surface area contributed by atoms with Gasteiger partial charge in [-0.3, -0.25) is 9.78 Å². The highest BCUT2D eigenvalue weighted by molar-refractivity contribution is 6.33. The molecule has 0 atom stereocenters. The van der Waals surface area contributed by atoms with Crippen molar-refractivity contribution in [2.75, 3.05) is 0 Å². The summed E-state index contributed by atoms with van der Waals surface area (Å²) in [4.78, 5) is 25.2. The summed E-state index contributed by atoms with van der Waals surface area (Å²) < 4.78 is 5.26. The second-order valence-corrected chi connectivity index (χ2v) is 5.47. The predicted octanol–water partition coefficient (Wildman–Crippen LogP) is 1.66. The fourth-order valence-electron chi connectivity index (χ4n) is 2.12. The fraction of sp³-hybridized carbons (Fsp3) is 0.200. The minimum atomic E-state index is -0.389. The Kier molecular flexibility index (Phi) is 4.76. The third-order valence-corrected chi connectivity index (χ3v) is 3.63. The van der Waals surface area contributed by atoms with Gasteiger partial charge < -0.3 is 9.84 Å². The van der Waals surface area contributed by atoms with Gasteiger partial charge in [0.1, 0.15) is 11.5 Å². The van der Waals surface area contributed by atoms with Crippen LogP contribution in [0.3, 0.4) is 0 Å². The van der Waals surface area contributed by atoms with Gasteiger partial charge in [-0.05, 0) is 12.1 Å². The van der Waals surface area contributed by atoms with E-state index in [0.29, 0.717) is 28.7 Å². The molecule has 3 N–H and O–H groups in total. The molecule has 3 rings (SSSR count). The number of aromatic nitrogens is 4. The number of H-pyrrole nitrogens is 2. The van der Waals surface area contributed by atoms with Crippen LogP contribution in [0.4, 0.5) is 0 Å². The number of nitrogens with one attached hydrogen (secondary N) is 3. The molecule has 124 valence electrons. The third-order valence-electron chi connectivity index (χ3n) is 3.30. The van der Waals surface area contributed by atoms with Crippen LogP contribution < -0.4 is 11.0 Å². The van der Waals surface area contributed by atoms with Gasteiger partial charge in [0.25, 0.3) is 0 Å². The van der Waals surface area contributed by atoms with Crippen molar-refractivity contribution in [1.29, 1.82) is 0 Å². The Morgan fingerprint density at radius 1 is 1.33 bits per heavy atom. The molecule has 8 nitrogen and oxygen atoms in total. The minimum absolute atomic E-state index is 0.179. The molecular weight excluding hydrogens is 334 g/mol. The third kappa shape index (κ3) is 3.90. The number of nitrogens with zero attached hydrogens (tertiary/aromatic N) is 2. The molecule has 0 fully saturated rings. The second-order valence-electron chi connectivity index (χ2n) is 5.06. The van der Waals surface area contributed by atoms with Crippen molar-refractivity contribution in [3.8, 4) is 11.3 Å². The van der Waals surface area contributed by atoms with E-state index in [2.05, 4.69) is 25.7 Å². The maximum absolute atomic E-state index is 11.8. The molecule has 0 bridgehead atoms. The number of benzene rings is 1. The molecule has 3 aromatic rings. The number of hydrogen-bond donors (Lipinski definition) is 3. The maximum atomic E-state index is 11.8. The van der Waals surface area contributed by atoms with E-state index < -0.39 is 0 Å². The summed E-state index contributed by atoms with van der Waals surface area (Å²) in [5.41, 5.74) is 0.943. The molecule has 0 saturated carbocycles. The van der Waals surface area contributed by atoms with Crippen molar-refractivity contribution in [3.63, 3.8) is 0 Å². The largest absolute Gasteiger partial charge is 0.356 e. The molecule has 1 amide bonds. The maximum Gasteiger partial charge on any atom is 0.340 e. The molecule has 1 aromatic carbocycles. The van der Waals surface area contributed by atoms with E-state index in [1.54, 1.807) is 12.1 Å². The van der Waals surface area contributed by atoms with Gasteiger partial charge in [-0.2, -0.15) is 5.10 Å². The Labute approximate surface area is 141 Å². The van der Waals surface area contributed by atoms with E-state index in [1.807, 2.05) is 18.2 Å². The van der Waals surface area contributed by atoms with Crippen molar-refractivity contribution >= 4 is 17.5 Å². The average Bonchev–Trinajstić information content (AvgIpc) is 3.20. The van der Waals surface area contributed by atoms with Crippen LogP contribution >= 0.6 is 11.6 Å². The number of carbonyl (C=O) groups is 1. The summed E-state index contributed by atoms with van der Waals surface area (Å²) >= 11 is 6.11. The monoisotopic (exact) mass is 347 g/mol. The van der Waals surface area contributed by atoms with Gasteiger partial charge >= 0.3 is 5.69 Å². The average molecular weight is 348 g/mol. The van der Waals surface area contributed by atoms with Crippen LogP contribution in [-0.4, -0.2) is 26.2 Å². The summed E-state index contributed by atoms with van der Waals surface area (Å²) in [6, 6.07) is 9.00. The van der Waals surface area contributed by atoms with Crippen LogP contribution in [0.2, 0.25) is 5.02 Å². The van der Waals surface area contributed by atoms with Crippen LogP contribution in [0.1, 0.15) is 17.9 Å². The lowest BCUT2D eigenvalue weighted by Crippen LogP contribution is -2.23. The zero-order valence-electron chi connectivity index (χ0n) is 12.5. The number of carbonyl (C=O) groups excluding carboxylic acids is 1. The summed E-state index contributed by atoms with van der Waals surface area (Å²) in [6.07, 6.45) is 0.546. The van der Waals surface area contributed by atoms with Crippen LogP contribution in [0.15, 0.2) is 39.6 Å². The first-order valence-corrected chi connectivity index (χ1v) is 7.60. The first kappa shape index (κ1) is 16.0. The highest BCUT2D eigenvalue weighted by atomic mass is 35.5. The highest BCUT2D eigenvalue weighted by Crippen LogP contribution is 2.27. The number of rotatable bonds is 6. The quantitative estimate of drug-likeness (QED) is 0.627. The standard InChI is InChI=1S/C15H14ClN5O3/c16-11-4-2-1-3-10(11)12-7-9(21-24-12)8-17-14(22)6-5-13-18-15(23)20-19-13/h1-4,7H,5-6,8H2,(H,17,22)(H2,18,19,20,23). The van der Waals surface area contributed by atoms with E-state index in [9.17, 15) is 9.59 Å². The molecule has 0 aliphatic heterocycles. The molecule has 0 saturated heterocycles. The van der Waals surface area contributed by atoms with Crippen LogP contribution in [0.5, 0.6) is 0 Å². The van der Waals surface area contributed by atoms with Crippen LogP contribution in [0.25, 0.3) is 11.3 Å². The second kappa shape index (κ2) is 7.14. The zero-order valence-corrected chi connectivity index (χ0v) is 13.3. The number of aromatic amines is 2. The van der Waals surface area contributed by atoms with Gasteiger partial charge in [0, 0.05) is 24.5 Å². The normalized spacial score (nSPS) is 10.7. The predicted molar refractivity (Wildman–Crippen MR) is 86.3 cm³/mol. The SMILES string of the molecule is O=C(CCc1n[nH]c(=O)[nH]1)NCc1cc(-c2ccccc2Cl)on1. The highest BCUT2D eigenvalue weighted by Gasteiger charge is 2.11. The van der Waals surface area contributed by atoms with Gasteiger partial charge in [0.05, 0.1) is 11.6 Å². The fourth-order valence-corrected chi connectivity index (χ4v) is 2.35. The Morgan fingerprint density at radius 2 is 2.17 bits per heavy atom. The molecule has 24 heavy (non-hydrogen) atoms. The summed E-state index contributed by atoms with van der Waals surface area (Å²) in [5.74, 6) is 0.803. The number of hydrogen-bond acceptors (Lipinski definition) is 5. The first-order chi connectivity index (χ1) is 11.6. The van der Waals surface area contributed by atoms with E-state index in [1.165, 1.54) is 0 Å². The Balaban J connectivity index is 1.53. The first-order valence-electron chi connectivity index (χ1n) is 7.22. The molecule has 0 radical (unpaired) electrons. The van der Waals surface area contributed by atoms with Crippen LogP contribution in [-0.2, 0) is 17.8 Å². The van der Waals surface area contributed by atoms with Crippen molar-refractivity contribution in [3.05, 3.63) is 57.4 Å². The molecular formula is C15H14ClN5O3. The summed E-state index contributed by atoms with van der Waals surface area (Å²) in [6.45, 7) is 0.240. The lowest BCUT2D eigenvalue weighted by Gasteiger charge is -2.01. The topological polar surface area (TPSA) is 117 Å². The molecule has 2 heterocycles. The number of aryl methyl sites for hydroxylation is 1.